The quantitative estimate of drug-likeness (QED) is 0.245. The number of aromatic amines is 1. The van der Waals surface area contributed by atoms with Crippen LogP contribution in [0.25, 0.3) is 10.8 Å². The number of methoxy groups -OCH3 is 1. The molecule has 0 aliphatic heterocycles. The van der Waals surface area contributed by atoms with E-state index in [9.17, 15) is 4.79 Å². The smallest absolute Gasteiger partial charge is 0.332 e. The van der Waals surface area contributed by atoms with Crippen molar-refractivity contribution in [3.63, 3.8) is 0 Å². The summed E-state index contributed by atoms with van der Waals surface area (Å²) in [5, 5.41) is 12.1. The van der Waals surface area contributed by atoms with Gasteiger partial charge >= 0.3 is 6.03 Å². The molecule has 0 radical (unpaired) electrons. The zero-order chi connectivity index (χ0) is 28.0. The summed E-state index contributed by atoms with van der Waals surface area (Å²) in [5.41, 5.74) is 3.56. The molecule has 1 heterocycles. The van der Waals surface area contributed by atoms with E-state index in [1.54, 1.807) is 24.3 Å². The van der Waals surface area contributed by atoms with E-state index < -0.39 is 0 Å². The number of nitrogens with one attached hydrogen (secondary N) is 2. The second-order valence-electron chi connectivity index (χ2n) is 10.8. The molecule has 0 atom stereocenters. The van der Waals surface area contributed by atoms with Crippen LogP contribution in [0.5, 0.6) is 5.75 Å². The number of hydrogen-bond donors (Lipinski definition) is 2. The van der Waals surface area contributed by atoms with Crippen LogP contribution in [0.1, 0.15) is 31.9 Å². The summed E-state index contributed by atoms with van der Waals surface area (Å²) in [7, 11) is 3.75. The highest BCUT2D eigenvalue weighted by atomic mass is 16.5. The molecule has 4 rings (SSSR count). The largest absolute Gasteiger partial charge is 0.492 e. The fraction of sp³-hybridized carbons (Fsp3) is 0.355. The first-order chi connectivity index (χ1) is 18.7. The molecule has 3 aromatic carbocycles. The van der Waals surface area contributed by atoms with Gasteiger partial charge in [0.05, 0.1) is 24.2 Å². The molecule has 0 saturated heterocycles. The molecule has 8 nitrogen and oxygen atoms in total. The Balaban J connectivity index is 1.62. The topological polar surface area (TPSA) is 82.7 Å². The lowest BCUT2D eigenvalue weighted by atomic mass is 9.86. The average Bonchev–Trinajstić information content (AvgIpc) is 3.43. The van der Waals surface area contributed by atoms with Crippen molar-refractivity contribution < 1.29 is 14.3 Å². The summed E-state index contributed by atoms with van der Waals surface area (Å²) < 4.78 is 11.3. The van der Waals surface area contributed by atoms with Crippen LogP contribution in [0.3, 0.4) is 0 Å². The van der Waals surface area contributed by atoms with Crippen molar-refractivity contribution in [2.24, 2.45) is 0 Å². The highest BCUT2D eigenvalue weighted by Gasteiger charge is 2.24. The lowest BCUT2D eigenvalue weighted by molar-refractivity contribution is 0.150. The molecule has 0 aliphatic rings. The predicted octanol–water partition coefficient (Wildman–Crippen LogP) is 6.50. The monoisotopic (exact) mass is 529 g/mol. The number of rotatable bonds is 10. The van der Waals surface area contributed by atoms with Gasteiger partial charge in [-0.25, -0.2) is 9.69 Å². The number of nitrogens with zero attached hydrogens (tertiary/aromatic N) is 3. The highest BCUT2D eigenvalue weighted by Crippen LogP contribution is 2.35. The van der Waals surface area contributed by atoms with Crippen LogP contribution < -0.4 is 15.0 Å². The standard InChI is InChI=1S/C31H39N5O3/c1-22-11-12-23(31(2,3)4)21-27(22)36(29-15-16-32-34-29)30(37)33-26-13-14-28(25-10-8-7-9-24(25)26)39-20-18-35(5)17-19-38-6/h7-16,21H,17-20H2,1-6H3,(H,32,34)(H,33,37). The van der Waals surface area contributed by atoms with Crippen molar-refractivity contribution in [2.75, 3.05) is 50.7 Å². The summed E-state index contributed by atoms with van der Waals surface area (Å²) in [6.07, 6.45) is 1.65. The van der Waals surface area contributed by atoms with E-state index in [4.69, 9.17) is 9.47 Å². The van der Waals surface area contributed by atoms with Crippen LogP contribution in [0, 0.1) is 6.92 Å². The lowest BCUT2D eigenvalue weighted by Gasteiger charge is -2.27. The molecule has 0 fully saturated rings. The number of H-pyrrole nitrogens is 1. The number of amides is 2. The van der Waals surface area contributed by atoms with Crippen LogP contribution in [0.4, 0.5) is 22.0 Å². The van der Waals surface area contributed by atoms with E-state index in [2.05, 4.69) is 59.4 Å². The molecule has 2 N–H and O–H groups in total. The van der Waals surface area contributed by atoms with Gasteiger partial charge in [0.25, 0.3) is 0 Å². The number of anilines is 3. The van der Waals surface area contributed by atoms with Crippen molar-refractivity contribution in [2.45, 2.75) is 33.1 Å². The Morgan fingerprint density at radius 1 is 1.00 bits per heavy atom. The van der Waals surface area contributed by atoms with E-state index in [-0.39, 0.29) is 11.4 Å². The first-order valence-corrected chi connectivity index (χ1v) is 13.2. The second kappa shape index (κ2) is 12.3. The molecule has 0 spiro atoms. The maximum Gasteiger partial charge on any atom is 0.332 e. The number of fused-ring (bicyclic) bond motifs is 1. The highest BCUT2D eigenvalue weighted by molar-refractivity contribution is 6.11. The van der Waals surface area contributed by atoms with Gasteiger partial charge in [0.15, 0.2) is 0 Å². The summed E-state index contributed by atoms with van der Waals surface area (Å²) in [6.45, 7) is 11.3. The summed E-state index contributed by atoms with van der Waals surface area (Å²) in [5.74, 6) is 1.37. The number of hydrogen-bond acceptors (Lipinski definition) is 5. The SMILES string of the molecule is COCCN(C)CCOc1ccc(NC(=O)N(c2ccn[nH]2)c2cc(C(C)(C)C)ccc2C)c2ccccc12. The van der Waals surface area contributed by atoms with E-state index in [0.717, 1.165) is 46.4 Å². The van der Waals surface area contributed by atoms with Crippen molar-refractivity contribution in [1.29, 1.82) is 0 Å². The number of aryl methyl sites for hydroxylation is 1. The Morgan fingerprint density at radius 2 is 1.74 bits per heavy atom. The fourth-order valence-corrected chi connectivity index (χ4v) is 4.39. The number of carbonyl (C=O) groups is 1. The zero-order valence-corrected chi connectivity index (χ0v) is 23.7. The normalized spacial score (nSPS) is 11.7. The fourth-order valence-electron chi connectivity index (χ4n) is 4.39. The van der Waals surface area contributed by atoms with E-state index in [1.165, 1.54) is 0 Å². The van der Waals surface area contributed by atoms with E-state index in [0.29, 0.717) is 24.7 Å². The summed E-state index contributed by atoms with van der Waals surface area (Å²) in [6, 6.07) is 19.5. The van der Waals surface area contributed by atoms with Gasteiger partial charge in [-0.2, -0.15) is 5.10 Å². The van der Waals surface area contributed by atoms with Gasteiger partial charge in [0.1, 0.15) is 18.2 Å². The van der Waals surface area contributed by atoms with Crippen LogP contribution in [0.15, 0.2) is 66.9 Å². The predicted molar refractivity (Wildman–Crippen MR) is 158 cm³/mol. The molecule has 39 heavy (non-hydrogen) atoms. The zero-order valence-electron chi connectivity index (χ0n) is 23.7. The number of ether oxygens (including phenoxy) is 2. The van der Waals surface area contributed by atoms with E-state index >= 15 is 0 Å². The van der Waals surface area contributed by atoms with Gasteiger partial charge in [-0.15, -0.1) is 0 Å². The lowest BCUT2D eigenvalue weighted by Crippen LogP contribution is -2.32. The van der Waals surface area contributed by atoms with Gasteiger partial charge in [-0.1, -0.05) is 57.2 Å². The minimum atomic E-state index is -0.285. The molecule has 0 bridgehead atoms. The van der Waals surface area contributed by atoms with Crippen molar-refractivity contribution in [1.82, 2.24) is 15.1 Å². The van der Waals surface area contributed by atoms with Crippen LogP contribution in [0.2, 0.25) is 0 Å². The minimum Gasteiger partial charge on any atom is -0.492 e. The molecule has 8 heteroatoms. The molecule has 4 aromatic rings. The number of likely N-dealkylation sites (N-methyl/N-ethyl adjacent to an activating group) is 1. The Bertz CT molecular complexity index is 1400. The summed E-state index contributed by atoms with van der Waals surface area (Å²) in [4.78, 5) is 17.7. The third kappa shape index (κ3) is 6.77. The molecule has 2 amide bonds. The molecule has 206 valence electrons. The maximum absolute atomic E-state index is 13.9. The molecule has 0 unspecified atom stereocenters. The summed E-state index contributed by atoms with van der Waals surface area (Å²) >= 11 is 0. The van der Waals surface area contributed by atoms with Crippen LogP contribution >= 0.6 is 0 Å². The molecular weight excluding hydrogens is 490 g/mol. The van der Waals surface area contributed by atoms with Crippen molar-refractivity contribution in [3.05, 3.63) is 78.0 Å². The van der Waals surface area contributed by atoms with E-state index in [1.807, 2.05) is 50.4 Å². The first-order valence-electron chi connectivity index (χ1n) is 13.2. The third-order valence-corrected chi connectivity index (χ3v) is 6.78. The maximum atomic E-state index is 13.9. The first kappa shape index (κ1) is 28.1. The van der Waals surface area contributed by atoms with Gasteiger partial charge in [-0.3, -0.25) is 5.10 Å². The molecule has 1 aromatic heterocycles. The number of benzene rings is 3. The number of urea groups is 1. The second-order valence-corrected chi connectivity index (χ2v) is 10.8. The minimum absolute atomic E-state index is 0.0663. The number of aromatic nitrogens is 2. The third-order valence-electron chi connectivity index (χ3n) is 6.78. The van der Waals surface area contributed by atoms with Gasteiger partial charge in [0, 0.05) is 37.0 Å². The Hall–Kier alpha value is -3.88. The van der Waals surface area contributed by atoms with Crippen LogP contribution in [-0.4, -0.2) is 61.6 Å². The van der Waals surface area contributed by atoms with Gasteiger partial charge < -0.3 is 19.7 Å². The molecule has 0 saturated carbocycles. The van der Waals surface area contributed by atoms with Crippen molar-refractivity contribution in [3.8, 4) is 5.75 Å². The Labute approximate surface area is 230 Å². The number of carbonyl (C=O) groups excluding carboxylic acids is 1. The Kier molecular flexibility index (Phi) is 8.89. The van der Waals surface area contributed by atoms with Gasteiger partial charge in [0.2, 0.25) is 0 Å². The van der Waals surface area contributed by atoms with Crippen molar-refractivity contribution >= 4 is 34.0 Å². The average molecular weight is 530 g/mol. The van der Waals surface area contributed by atoms with Crippen LogP contribution in [-0.2, 0) is 10.2 Å². The molecular formula is C31H39N5O3. The Morgan fingerprint density at radius 3 is 2.44 bits per heavy atom. The van der Waals surface area contributed by atoms with Gasteiger partial charge in [-0.05, 0) is 48.7 Å². The molecule has 0 aliphatic carbocycles.